The maximum absolute atomic E-state index is 6.04. The van der Waals surface area contributed by atoms with Crippen molar-refractivity contribution in [2.75, 3.05) is 13.9 Å². The molecule has 7 heteroatoms. The standard InChI is InChI=1S/C22H21BrN2O4/c1-26-21-10-17(12-25-11-15-4-6-24-7-5-15)8-18(23)22(21)27-13-16-2-3-19-20(9-16)29-14-28-19/h2-10,25H,11-14H2,1H3. The number of fused-ring (bicyclic) bond motifs is 1. The number of ether oxygens (including phenoxy) is 4. The summed E-state index contributed by atoms with van der Waals surface area (Å²) < 4.78 is 23.2. The third-order valence-electron chi connectivity index (χ3n) is 4.52. The van der Waals surface area contributed by atoms with E-state index in [0.29, 0.717) is 24.7 Å². The number of halogens is 1. The van der Waals surface area contributed by atoms with Crippen molar-refractivity contribution in [3.63, 3.8) is 0 Å². The van der Waals surface area contributed by atoms with Gasteiger partial charge in [0.05, 0.1) is 11.6 Å². The van der Waals surface area contributed by atoms with Crippen molar-refractivity contribution in [3.05, 3.63) is 76.0 Å². The molecule has 0 radical (unpaired) electrons. The van der Waals surface area contributed by atoms with Gasteiger partial charge in [0, 0.05) is 25.5 Å². The molecule has 1 aliphatic rings. The van der Waals surface area contributed by atoms with Crippen LogP contribution in [-0.2, 0) is 19.7 Å². The van der Waals surface area contributed by atoms with Crippen LogP contribution in [0.2, 0.25) is 0 Å². The van der Waals surface area contributed by atoms with Crippen LogP contribution in [0.15, 0.2) is 59.3 Å². The molecule has 29 heavy (non-hydrogen) atoms. The van der Waals surface area contributed by atoms with Gasteiger partial charge >= 0.3 is 0 Å². The number of pyridine rings is 1. The summed E-state index contributed by atoms with van der Waals surface area (Å²) in [7, 11) is 1.64. The highest BCUT2D eigenvalue weighted by Crippen LogP contribution is 2.38. The molecule has 0 atom stereocenters. The molecule has 150 valence electrons. The van der Waals surface area contributed by atoms with Gasteiger partial charge in [-0.2, -0.15) is 0 Å². The molecule has 2 aromatic carbocycles. The van der Waals surface area contributed by atoms with Crippen molar-refractivity contribution in [1.82, 2.24) is 10.3 Å². The number of rotatable bonds is 8. The normalized spacial score (nSPS) is 12.1. The highest BCUT2D eigenvalue weighted by Gasteiger charge is 2.15. The van der Waals surface area contributed by atoms with Crippen molar-refractivity contribution in [1.29, 1.82) is 0 Å². The third-order valence-corrected chi connectivity index (χ3v) is 5.11. The summed E-state index contributed by atoms with van der Waals surface area (Å²) in [5.41, 5.74) is 3.28. The van der Waals surface area contributed by atoms with Crippen LogP contribution in [-0.4, -0.2) is 18.9 Å². The van der Waals surface area contributed by atoms with E-state index in [2.05, 4.69) is 26.2 Å². The fourth-order valence-electron chi connectivity index (χ4n) is 3.05. The minimum absolute atomic E-state index is 0.260. The molecule has 6 nitrogen and oxygen atoms in total. The fourth-order valence-corrected chi connectivity index (χ4v) is 3.66. The Morgan fingerprint density at radius 3 is 2.59 bits per heavy atom. The highest BCUT2D eigenvalue weighted by molar-refractivity contribution is 9.10. The molecule has 0 unspecified atom stereocenters. The summed E-state index contributed by atoms with van der Waals surface area (Å²) in [5, 5.41) is 3.43. The minimum atomic E-state index is 0.260. The van der Waals surface area contributed by atoms with Crippen LogP contribution in [0.4, 0.5) is 0 Å². The molecule has 0 spiro atoms. The first-order valence-corrected chi connectivity index (χ1v) is 9.99. The molecule has 0 amide bonds. The number of hydrogen-bond acceptors (Lipinski definition) is 6. The van der Waals surface area contributed by atoms with Crippen LogP contribution in [0.3, 0.4) is 0 Å². The molecule has 0 fully saturated rings. The van der Waals surface area contributed by atoms with E-state index in [0.717, 1.165) is 33.6 Å². The molecule has 3 aromatic rings. The number of hydrogen-bond donors (Lipinski definition) is 1. The molecule has 1 N–H and O–H groups in total. The van der Waals surface area contributed by atoms with Gasteiger partial charge in [0.25, 0.3) is 0 Å². The van der Waals surface area contributed by atoms with Crippen molar-refractivity contribution >= 4 is 15.9 Å². The zero-order valence-electron chi connectivity index (χ0n) is 16.0. The SMILES string of the molecule is COc1cc(CNCc2ccncc2)cc(Br)c1OCc1ccc2c(c1)OCO2. The monoisotopic (exact) mass is 456 g/mol. The molecule has 1 aromatic heterocycles. The smallest absolute Gasteiger partial charge is 0.231 e. The van der Waals surface area contributed by atoms with E-state index < -0.39 is 0 Å². The van der Waals surface area contributed by atoms with Gasteiger partial charge in [0.1, 0.15) is 6.61 Å². The zero-order chi connectivity index (χ0) is 20.1. The Morgan fingerprint density at radius 2 is 1.76 bits per heavy atom. The number of nitrogens with one attached hydrogen (secondary N) is 1. The van der Waals surface area contributed by atoms with E-state index in [1.807, 2.05) is 42.5 Å². The first-order valence-electron chi connectivity index (χ1n) is 9.20. The largest absolute Gasteiger partial charge is 0.493 e. The Morgan fingerprint density at radius 1 is 0.966 bits per heavy atom. The highest BCUT2D eigenvalue weighted by atomic mass is 79.9. The van der Waals surface area contributed by atoms with Crippen LogP contribution in [0.1, 0.15) is 16.7 Å². The van der Waals surface area contributed by atoms with Gasteiger partial charge in [-0.05, 0) is 69.0 Å². The second kappa shape index (κ2) is 9.15. The van der Waals surface area contributed by atoms with Crippen molar-refractivity contribution in [2.45, 2.75) is 19.7 Å². The second-order valence-electron chi connectivity index (χ2n) is 6.54. The van der Waals surface area contributed by atoms with E-state index in [9.17, 15) is 0 Å². The van der Waals surface area contributed by atoms with Crippen LogP contribution in [0.25, 0.3) is 0 Å². The van der Waals surface area contributed by atoms with E-state index in [4.69, 9.17) is 18.9 Å². The van der Waals surface area contributed by atoms with Gasteiger partial charge in [-0.3, -0.25) is 4.98 Å². The predicted molar refractivity (Wildman–Crippen MR) is 112 cm³/mol. The van der Waals surface area contributed by atoms with E-state index in [-0.39, 0.29) is 6.79 Å². The summed E-state index contributed by atoms with van der Waals surface area (Å²) in [6.45, 7) is 2.13. The molecule has 2 heterocycles. The first-order chi connectivity index (χ1) is 14.2. The van der Waals surface area contributed by atoms with Gasteiger partial charge in [-0.15, -0.1) is 0 Å². The van der Waals surface area contributed by atoms with Crippen molar-refractivity contribution in [3.8, 4) is 23.0 Å². The van der Waals surface area contributed by atoms with Crippen LogP contribution < -0.4 is 24.3 Å². The average Bonchev–Trinajstić information content (AvgIpc) is 3.21. The number of benzene rings is 2. The molecular formula is C22H21BrN2O4. The van der Waals surface area contributed by atoms with Crippen LogP contribution >= 0.6 is 15.9 Å². The number of methoxy groups -OCH3 is 1. The third kappa shape index (κ3) is 4.81. The van der Waals surface area contributed by atoms with Gasteiger partial charge < -0.3 is 24.3 Å². The Bertz CT molecular complexity index is 982. The lowest BCUT2D eigenvalue weighted by Gasteiger charge is -2.15. The van der Waals surface area contributed by atoms with Crippen molar-refractivity contribution < 1.29 is 18.9 Å². The summed E-state index contributed by atoms with van der Waals surface area (Å²) in [6.07, 6.45) is 3.59. The Labute approximate surface area is 177 Å². The first kappa shape index (κ1) is 19.5. The lowest BCUT2D eigenvalue weighted by atomic mass is 10.2. The molecule has 0 bridgehead atoms. The average molecular weight is 457 g/mol. The summed E-state index contributed by atoms with van der Waals surface area (Å²) >= 11 is 3.61. The Kier molecular flexibility index (Phi) is 6.17. The van der Waals surface area contributed by atoms with E-state index in [1.54, 1.807) is 19.5 Å². The Balaban J connectivity index is 1.40. The molecule has 0 saturated carbocycles. The molecule has 0 saturated heterocycles. The van der Waals surface area contributed by atoms with Crippen LogP contribution in [0.5, 0.6) is 23.0 Å². The lowest BCUT2D eigenvalue weighted by molar-refractivity contribution is 0.174. The predicted octanol–water partition coefficient (Wildman–Crippen LogP) is 4.45. The van der Waals surface area contributed by atoms with Gasteiger partial charge in [0.15, 0.2) is 23.0 Å². The minimum Gasteiger partial charge on any atom is -0.493 e. The van der Waals surface area contributed by atoms with Crippen LogP contribution in [0, 0.1) is 0 Å². The van der Waals surface area contributed by atoms with Gasteiger partial charge in [-0.1, -0.05) is 6.07 Å². The fraction of sp³-hybridized carbons (Fsp3) is 0.227. The zero-order valence-corrected chi connectivity index (χ0v) is 17.6. The number of nitrogens with zero attached hydrogens (tertiary/aromatic N) is 1. The second-order valence-corrected chi connectivity index (χ2v) is 7.40. The summed E-state index contributed by atoms with van der Waals surface area (Å²) in [5.74, 6) is 2.85. The lowest BCUT2D eigenvalue weighted by Crippen LogP contribution is -2.13. The van der Waals surface area contributed by atoms with Crippen molar-refractivity contribution in [2.24, 2.45) is 0 Å². The topological polar surface area (TPSA) is 61.8 Å². The maximum Gasteiger partial charge on any atom is 0.231 e. The van der Waals surface area contributed by atoms with E-state index in [1.165, 1.54) is 5.56 Å². The van der Waals surface area contributed by atoms with Gasteiger partial charge in [0.2, 0.25) is 6.79 Å². The molecule has 0 aliphatic carbocycles. The summed E-state index contributed by atoms with van der Waals surface area (Å²) in [6, 6.07) is 13.8. The molecule has 1 aliphatic heterocycles. The Hall–Kier alpha value is -2.77. The van der Waals surface area contributed by atoms with Gasteiger partial charge in [-0.25, -0.2) is 0 Å². The molecular weight excluding hydrogens is 436 g/mol. The quantitative estimate of drug-likeness (QED) is 0.540. The number of aromatic nitrogens is 1. The van der Waals surface area contributed by atoms with E-state index >= 15 is 0 Å². The maximum atomic E-state index is 6.04. The molecule has 4 rings (SSSR count). The summed E-state index contributed by atoms with van der Waals surface area (Å²) in [4.78, 5) is 4.03.